The number of nitrogens with two attached hydrogens (primary N) is 1. The number of benzene rings is 2. The quantitative estimate of drug-likeness (QED) is 0.0739. The zero-order valence-corrected chi connectivity index (χ0v) is 33.1. The standard InChI is InChI=1S/C22H28ClN3O2.C14H28N2O2.C2H6S/c1-15-10-16(2)12-18(11-15)22(27)26(3)14-21(25-28-4)20(8-9-24)17-6-5-7-19(23)13-17;1-5-13(6-2)15-9-7-8-12(11-17)10-14(18)16(3)4;1-3-2/h5-7,10-13,20H,8-9,14,24H2,1-4H3;11-13,15H,5-10H2,1-4H3;1-2H3/b25-21+;;. The first-order chi connectivity index (χ1) is 23.3. The number of nitrogens with zero attached hydrogens (tertiary/aromatic N) is 3. The number of thioether (sulfide) groups is 1. The van der Waals surface area contributed by atoms with Crippen LogP contribution in [0.1, 0.15) is 85.3 Å². The molecule has 0 fully saturated rings. The second kappa shape index (κ2) is 26.9. The maximum Gasteiger partial charge on any atom is 0.253 e. The zero-order valence-electron chi connectivity index (χ0n) is 31.6. The predicted octanol–water partition coefficient (Wildman–Crippen LogP) is 6.98. The van der Waals surface area contributed by atoms with Crippen molar-refractivity contribution >= 4 is 47.2 Å². The number of aryl methyl sites for hydroxylation is 2. The van der Waals surface area contributed by atoms with E-state index in [1.54, 1.807) is 42.7 Å². The third-order valence-electron chi connectivity index (χ3n) is 7.83. The van der Waals surface area contributed by atoms with Gasteiger partial charge in [-0.1, -0.05) is 59.9 Å². The van der Waals surface area contributed by atoms with Gasteiger partial charge in [-0.2, -0.15) is 11.8 Å². The summed E-state index contributed by atoms with van der Waals surface area (Å²) in [5.74, 6) is -0.255. The van der Waals surface area contributed by atoms with E-state index in [-0.39, 0.29) is 23.7 Å². The van der Waals surface area contributed by atoms with Crippen LogP contribution in [0.4, 0.5) is 0 Å². The van der Waals surface area contributed by atoms with Gasteiger partial charge in [0.05, 0.1) is 12.3 Å². The number of nitrogens with one attached hydrogen (secondary N) is 1. The number of aldehydes is 1. The Morgan fingerprint density at radius 3 is 2.14 bits per heavy atom. The van der Waals surface area contributed by atoms with Crippen molar-refractivity contribution in [3.05, 3.63) is 69.7 Å². The lowest BCUT2D eigenvalue weighted by Gasteiger charge is -2.24. The second-order valence-corrected chi connectivity index (χ2v) is 13.6. The molecule has 0 bridgehead atoms. The molecule has 0 spiro atoms. The number of oxime groups is 1. The molecule has 2 rings (SSSR count). The molecular formula is C38H62ClN5O4S. The Balaban J connectivity index is 0.000000947. The fourth-order valence-electron chi connectivity index (χ4n) is 5.24. The van der Waals surface area contributed by atoms with Crippen molar-refractivity contribution in [1.82, 2.24) is 15.1 Å². The van der Waals surface area contributed by atoms with Crippen molar-refractivity contribution in [3.63, 3.8) is 0 Å². The van der Waals surface area contributed by atoms with Crippen LogP contribution in [-0.4, -0.2) is 100 Å². The van der Waals surface area contributed by atoms with E-state index < -0.39 is 0 Å². The average Bonchev–Trinajstić information content (AvgIpc) is 3.06. The largest absolute Gasteiger partial charge is 0.399 e. The van der Waals surface area contributed by atoms with Crippen LogP contribution in [0.15, 0.2) is 47.6 Å². The van der Waals surface area contributed by atoms with E-state index in [4.69, 9.17) is 22.2 Å². The molecule has 2 aromatic rings. The summed E-state index contributed by atoms with van der Waals surface area (Å²) < 4.78 is 0. The number of hydrogen-bond acceptors (Lipinski definition) is 8. The van der Waals surface area contributed by atoms with E-state index in [1.165, 1.54) is 7.11 Å². The molecule has 2 unspecified atom stereocenters. The summed E-state index contributed by atoms with van der Waals surface area (Å²) in [7, 11) is 6.71. The van der Waals surface area contributed by atoms with Crippen molar-refractivity contribution in [1.29, 1.82) is 0 Å². The highest BCUT2D eigenvalue weighted by Crippen LogP contribution is 2.25. The molecule has 0 aliphatic heterocycles. The van der Waals surface area contributed by atoms with Gasteiger partial charge in [-0.15, -0.1) is 0 Å². The van der Waals surface area contributed by atoms with E-state index in [0.29, 0.717) is 42.6 Å². The maximum atomic E-state index is 12.9. The lowest BCUT2D eigenvalue weighted by atomic mass is 9.90. The van der Waals surface area contributed by atoms with Crippen LogP contribution in [0.2, 0.25) is 5.02 Å². The maximum absolute atomic E-state index is 12.9. The minimum Gasteiger partial charge on any atom is -0.399 e. The Labute approximate surface area is 305 Å². The van der Waals surface area contributed by atoms with Gasteiger partial charge < -0.3 is 30.5 Å². The first-order valence-electron chi connectivity index (χ1n) is 17.0. The minimum absolute atomic E-state index is 0.0278. The Bertz CT molecular complexity index is 1250. The summed E-state index contributed by atoms with van der Waals surface area (Å²) in [5, 5.41) is 8.34. The molecule has 3 N–H and O–H groups in total. The fourth-order valence-corrected chi connectivity index (χ4v) is 5.44. The Morgan fingerprint density at radius 1 is 1.04 bits per heavy atom. The molecule has 0 aromatic heterocycles. The third kappa shape index (κ3) is 19.2. The van der Waals surface area contributed by atoms with Crippen molar-refractivity contribution in [2.24, 2.45) is 16.8 Å². The summed E-state index contributed by atoms with van der Waals surface area (Å²) in [6.45, 7) is 10.0. The van der Waals surface area contributed by atoms with Crippen molar-refractivity contribution < 1.29 is 19.2 Å². The molecule has 0 saturated heterocycles. The van der Waals surface area contributed by atoms with E-state index in [0.717, 1.165) is 60.9 Å². The van der Waals surface area contributed by atoms with Gasteiger partial charge in [-0.25, -0.2) is 0 Å². The molecule has 276 valence electrons. The molecule has 11 heteroatoms. The van der Waals surface area contributed by atoms with Gasteiger partial charge in [0.1, 0.15) is 13.4 Å². The number of carbonyl (C=O) groups is 3. The number of hydrogen-bond donors (Lipinski definition) is 2. The Hall–Kier alpha value is -2.92. The van der Waals surface area contributed by atoms with E-state index in [1.807, 2.05) is 68.8 Å². The van der Waals surface area contributed by atoms with Crippen molar-refractivity contribution in [2.75, 3.05) is 60.4 Å². The summed E-state index contributed by atoms with van der Waals surface area (Å²) in [6, 6.07) is 14.0. The molecule has 2 amide bonds. The molecule has 9 nitrogen and oxygen atoms in total. The molecule has 0 heterocycles. The Kier molecular flexibility index (Phi) is 25.3. The highest BCUT2D eigenvalue weighted by molar-refractivity contribution is 7.97. The van der Waals surface area contributed by atoms with E-state index in [2.05, 4.69) is 24.3 Å². The minimum atomic E-state index is -0.136. The smallest absolute Gasteiger partial charge is 0.253 e. The predicted molar refractivity (Wildman–Crippen MR) is 209 cm³/mol. The van der Waals surface area contributed by atoms with E-state index >= 15 is 0 Å². The highest BCUT2D eigenvalue weighted by atomic mass is 35.5. The van der Waals surface area contributed by atoms with Crippen molar-refractivity contribution in [2.45, 2.75) is 78.2 Å². The van der Waals surface area contributed by atoms with Crippen LogP contribution in [0.25, 0.3) is 0 Å². The number of halogens is 1. The first-order valence-corrected chi connectivity index (χ1v) is 19.0. The van der Waals surface area contributed by atoms with E-state index in [9.17, 15) is 14.4 Å². The molecule has 0 aliphatic carbocycles. The average molecular weight is 720 g/mol. The number of rotatable bonds is 18. The van der Waals surface area contributed by atoms with Gasteiger partial charge in [0, 0.05) is 56.0 Å². The molecule has 2 aromatic carbocycles. The van der Waals surface area contributed by atoms with Gasteiger partial charge in [0.25, 0.3) is 5.91 Å². The van der Waals surface area contributed by atoms with Gasteiger partial charge in [0.2, 0.25) is 5.91 Å². The van der Waals surface area contributed by atoms with Crippen LogP contribution in [0.5, 0.6) is 0 Å². The first kappa shape index (κ1) is 46.1. The van der Waals surface area contributed by atoms with Crippen molar-refractivity contribution in [3.8, 4) is 0 Å². The second-order valence-electron chi connectivity index (χ2n) is 12.4. The summed E-state index contributed by atoms with van der Waals surface area (Å²) in [5.41, 5.74) is 10.4. The van der Waals surface area contributed by atoms with Crippen LogP contribution in [0, 0.1) is 19.8 Å². The zero-order chi connectivity index (χ0) is 37.4. The van der Waals surface area contributed by atoms with Gasteiger partial charge in [-0.3, -0.25) is 9.59 Å². The SMILES string of the molecule is CCC(CC)NCCCC(C=O)CC(=O)N(C)C.CO/N=C(\CN(C)C(=O)c1cc(C)cc(C)c1)C(CCN)c1cccc(Cl)c1.CSC. The summed E-state index contributed by atoms with van der Waals surface area (Å²) >= 11 is 7.92. The van der Waals surface area contributed by atoms with Crippen LogP contribution in [-0.2, 0) is 14.4 Å². The van der Waals surface area contributed by atoms with Crippen LogP contribution in [0.3, 0.4) is 0 Å². The molecule has 0 radical (unpaired) electrons. The monoisotopic (exact) mass is 719 g/mol. The summed E-state index contributed by atoms with van der Waals surface area (Å²) in [4.78, 5) is 43.6. The third-order valence-corrected chi connectivity index (χ3v) is 8.07. The molecule has 49 heavy (non-hydrogen) atoms. The van der Waals surface area contributed by atoms with Crippen LogP contribution >= 0.6 is 23.4 Å². The fraction of sp³-hybridized carbons (Fsp3) is 0.579. The van der Waals surface area contributed by atoms with Gasteiger partial charge in [-0.05, 0) is 101 Å². The molecular weight excluding hydrogens is 658 g/mol. The lowest BCUT2D eigenvalue weighted by molar-refractivity contribution is -0.131. The highest BCUT2D eigenvalue weighted by Gasteiger charge is 2.23. The topological polar surface area (TPSA) is 117 Å². The van der Waals surface area contributed by atoms with Gasteiger partial charge >= 0.3 is 0 Å². The number of amides is 2. The Morgan fingerprint density at radius 2 is 1.65 bits per heavy atom. The van der Waals surface area contributed by atoms with Crippen LogP contribution < -0.4 is 11.1 Å². The molecule has 0 saturated carbocycles. The van der Waals surface area contributed by atoms with Gasteiger partial charge in [0.15, 0.2) is 0 Å². The molecule has 2 atom stereocenters. The molecule has 0 aliphatic rings. The normalized spacial score (nSPS) is 12.1. The lowest BCUT2D eigenvalue weighted by Crippen LogP contribution is -2.35. The number of carbonyl (C=O) groups excluding carboxylic acids is 3. The summed E-state index contributed by atoms with van der Waals surface area (Å²) in [6.07, 6.45) is 10.0.